The monoisotopic (exact) mass is 300 g/mol. The number of hydrogen-bond acceptors (Lipinski definition) is 3. The van der Waals surface area contributed by atoms with Gasteiger partial charge in [-0.3, -0.25) is 0 Å². The van der Waals surface area contributed by atoms with E-state index in [-0.39, 0.29) is 12.1 Å². The Morgan fingerprint density at radius 2 is 1.95 bits per heavy atom. The molecule has 0 aromatic heterocycles. The lowest BCUT2D eigenvalue weighted by Gasteiger charge is -2.32. The molecule has 1 aromatic rings. The van der Waals surface area contributed by atoms with E-state index in [1.54, 1.807) is 13.0 Å². The molecule has 3 heteroatoms. The third kappa shape index (κ3) is 4.76. The number of hydrogen-bond donors (Lipinski definition) is 0. The van der Waals surface area contributed by atoms with Gasteiger partial charge in [0.15, 0.2) is 0 Å². The predicted octanol–water partition coefficient (Wildman–Crippen LogP) is 4.36. The Bertz CT molecular complexity index is 519. The molecule has 2 rings (SSSR count). The minimum Gasteiger partial charge on any atom is -0.490 e. The van der Waals surface area contributed by atoms with Crippen LogP contribution in [0, 0.1) is 0 Å². The molecule has 0 bridgehead atoms. The molecule has 1 aliphatic rings. The molecular weight excluding hydrogens is 276 g/mol. The Kier molecular flexibility index (Phi) is 6.26. The van der Waals surface area contributed by atoms with Crippen LogP contribution >= 0.6 is 0 Å². The zero-order valence-corrected chi connectivity index (χ0v) is 13.2. The van der Waals surface area contributed by atoms with Crippen LogP contribution < -0.4 is 0 Å². The van der Waals surface area contributed by atoms with E-state index in [1.807, 2.05) is 6.07 Å². The summed E-state index contributed by atoms with van der Waals surface area (Å²) in [5.74, 6) is 0.541. The maximum Gasteiger partial charge on any atom is 0.330 e. The van der Waals surface area contributed by atoms with E-state index in [2.05, 4.69) is 30.8 Å². The molecule has 0 N–H and O–H groups in total. The van der Waals surface area contributed by atoms with Gasteiger partial charge in [-0.25, -0.2) is 4.79 Å². The summed E-state index contributed by atoms with van der Waals surface area (Å²) in [5.41, 5.74) is 1.31. The number of carbonyl (C=O) groups excluding carboxylic acids is 1. The molecule has 0 saturated heterocycles. The van der Waals surface area contributed by atoms with E-state index in [9.17, 15) is 4.79 Å². The maximum absolute atomic E-state index is 11.3. The van der Waals surface area contributed by atoms with Crippen LogP contribution in [0.25, 0.3) is 0 Å². The molecule has 2 atom stereocenters. The fourth-order valence-electron chi connectivity index (χ4n) is 2.90. The zero-order valence-electron chi connectivity index (χ0n) is 13.2. The van der Waals surface area contributed by atoms with Gasteiger partial charge in [-0.05, 0) is 37.8 Å². The van der Waals surface area contributed by atoms with Crippen molar-refractivity contribution in [3.8, 4) is 0 Å². The minimum atomic E-state index is -0.365. The van der Waals surface area contributed by atoms with Crippen molar-refractivity contribution >= 4 is 5.97 Å². The molecule has 1 aromatic carbocycles. The smallest absolute Gasteiger partial charge is 0.330 e. The number of benzene rings is 1. The third-order valence-corrected chi connectivity index (χ3v) is 3.92. The van der Waals surface area contributed by atoms with Crippen LogP contribution in [0.4, 0.5) is 0 Å². The van der Waals surface area contributed by atoms with Crippen molar-refractivity contribution < 1.29 is 14.3 Å². The Labute approximate surface area is 132 Å². The van der Waals surface area contributed by atoms with Gasteiger partial charge in [0.2, 0.25) is 0 Å². The van der Waals surface area contributed by atoms with Crippen LogP contribution in [0.1, 0.15) is 44.1 Å². The first-order valence-corrected chi connectivity index (χ1v) is 7.96. The highest BCUT2D eigenvalue weighted by Crippen LogP contribution is 2.35. The van der Waals surface area contributed by atoms with E-state index in [4.69, 9.17) is 9.47 Å². The SMILES string of the molecule is C=C(/C=C/C(=O)OCC)O[C@@H]1CCCC[C@H]1c1ccccc1. The molecule has 0 unspecified atom stereocenters. The predicted molar refractivity (Wildman–Crippen MR) is 87.4 cm³/mol. The van der Waals surface area contributed by atoms with Gasteiger partial charge in [-0.1, -0.05) is 43.3 Å². The Morgan fingerprint density at radius 3 is 2.68 bits per heavy atom. The topological polar surface area (TPSA) is 35.5 Å². The van der Waals surface area contributed by atoms with Crippen LogP contribution in [0.5, 0.6) is 0 Å². The summed E-state index contributed by atoms with van der Waals surface area (Å²) >= 11 is 0. The van der Waals surface area contributed by atoms with Crippen molar-refractivity contribution in [3.63, 3.8) is 0 Å². The average Bonchev–Trinajstić information content (AvgIpc) is 2.55. The van der Waals surface area contributed by atoms with E-state index >= 15 is 0 Å². The van der Waals surface area contributed by atoms with Gasteiger partial charge in [0.05, 0.1) is 6.61 Å². The standard InChI is InChI=1S/C19H24O3/c1-3-21-19(20)14-13-15(2)22-18-12-8-7-11-17(18)16-9-5-4-6-10-16/h4-6,9-10,13-14,17-18H,2-3,7-8,11-12H2,1H3/b14-13+/t17-,18+/m0/s1. The van der Waals surface area contributed by atoms with E-state index in [0.29, 0.717) is 18.3 Å². The molecule has 118 valence electrons. The highest BCUT2D eigenvalue weighted by molar-refractivity contribution is 5.82. The number of carbonyl (C=O) groups is 1. The molecule has 0 heterocycles. The number of allylic oxidation sites excluding steroid dienone is 1. The molecule has 3 nitrogen and oxygen atoms in total. The highest BCUT2D eigenvalue weighted by Gasteiger charge is 2.27. The van der Waals surface area contributed by atoms with Crippen molar-refractivity contribution in [2.75, 3.05) is 6.61 Å². The largest absolute Gasteiger partial charge is 0.490 e. The average molecular weight is 300 g/mol. The summed E-state index contributed by atoms with van der Waals surface area (Å²) in [6.07, 6.45) is 7.62. The molecule has 1 fully saturated rings. The lowest BCUT2D eigenvalue weighted by Crippen LogP contribution is -2.25. The van der Waals surface area contributed by atoms with E-state index < -0.39 is 0 Å². The van der Waals surface area contributed by atoms with Crippen molar-refractivity contribution in [2.45, 2.75) is 44.6 Å². The summed E-state index contributed by atoms with van der Waals surface area (Å²) in [6, 6.07) is 10.5. The van der Waals surface area contributed by atoms with E-state index in [0.717, 1.165) is 12.8 Å². The van der Waals surface area contributed by atoms with Crippen LogP contribution in [-0.2, 0) is 14.3 Å². The first kappa shape index (κ1) is 16.3. The van der Waals surface area contributed by atoms with Gasteiger partial charge >= 0.3 is 5.97 Å². The summed E-state index contributed by atoms with van der Waals surface area (Å²) in [6.45, 7) is 6.04. The zero-order chi connectivity index (χ0) is 15.8. The van der Waals surface area contributed by atoms with Gasteiger partial charge < -0.3 is 9.47 Å². The van der Waals surface area contributed by atoms with Crippen molar-refractivity contribution in [2.24, 2.45) is 0 Å². The lowest BCUT2D eigenvalue weighted by molar-refractivity contribution is -0.137. The lowest BCUT2D eigenvalue weighted by atomic mass is 9.81. The molecule has 0 spiro atoms. The third-order valence-electron chi connectivity index (χ3n) is 3.92. The van der Waals surface area contributed by atoms with Crippen LogP contribution in [-0.4, -0.2) is 18.7 Å². The number of rotatable bonds is 6. The molecule has 22 heavy (non-hydrogen) atoms. The van der Waals surface area contributed by atoms with Crippen LogP contribution in [0.3, 0.4) is 0 Å². The summed E-state index contributed by atoms with van der Waals surface area (Å²) in [5, 5.41) is 0. The molecule has 1 saturated carbocycles. The molecular formula is C19H24O3. The van der Waals surface area contributed by atoms with Crippen molar-refractivity contribution in [1.29, 1.82) is 0 Å². The van der Waals surface area contributed by atoms with Gasteiger partial charge in [0.25, 0.3) is 0 Å². The van der Waals surface area contributed by atoms with Gasteiger partial charge in [-0.2, -0.15) is 0 Å². The summed E-state index contributed by atoms with van der Waals surface area (Å²) < 4.78 is 10.8. The van der Waals surface area contributed by atoms with Crippen molar-refractivity contribution in [1.82, 2.24) is 0 Å². The van der Waals surface area contributed by atoms with Crippen LogP contribution in [0.15, 0.2) is 54.8 Å². The van der Waals surface area contributed by atoms with Crippen LogP contribution in [0.2, 0.25) is 0 Å². The second kappa shape index (κ2) is 8.42. The highest BCUT2D eigenvalue weighted by atomic mass is 16.5. The summed E-state index contributed by atoms with van der Waals surface area (Å²) in [7, 11) is 0. The number of esters is 1. The normalized spacial score (nSPS) is 21.5. The Morgan fingerprint density at radius 1 is 1.23 bits per heavy atom. The first-order chi connectivity index (χ1) is 10.7. The van der Waals surface area contributed by atoms with Crippen molar-refractivity contribution in [3.05, 3.63) is 60.4 Å². The second-order valence-electron chi connectivity index (χ2n) is 5.51. The quantitative estimate of drug-likeness (QED) is 0.339. The molecule has 0 amide bonds. The fourth-order valence-corrected chi connectivity index (χ4v) is 2.90. The Balaban J connectivity index is 1.97. The molecule has 0 radical (unpaired) electrons. The summed E-state index contributed by atoms with van der Waals surface area (Å²) in [4.78, 5) is 11.3. The maximum atomic E-state index is 11.3. The molecule has 1 aliphatic carbocycles. The number of ether oxygens (including phenoxy) is 2. The fraction of sp³-hybridized carbons (Fsp3) is 0.421. The molecule has 0 aliphatic heterocycles. The van der Waals surface area contributed by atoms with Gasteiger partial charge in [-0.15, -0.1) is 0 Å². The first-order valence-electron chi connectivity index (χ1n) is 7.96. The Hall–Kier alpha value is -2.03. The van der Waals surface area contributed by atoms with Gasteiger partial charge in [0, 0.05) is 12.0 Å². The second-order valence-corrected chi connectivity index (χ2v) is 5.51. The van der Waals surface area contributed by atoms with Gasteiger partial charge in [0.1, 0.15) is 11.9 Å². The minimum absolute atomic E-state index is 0.121. The van der Waals surface area contributed by atoms with E-state index in [1.165, 1.54) is 24.5 Å².